The summed E-state index contributed by atoms with van der Waals surface area (Å²) in [6.45, 7) is 3.32. The summed E-state index contributed by atoms with van der Waals surface area (Å²) in [6, 6.07) is 13.0. The van der Waals surface area contributed by atoms with Gasteiger partial charge in [0.25, 0.3) is 0 Å². The summed E-state index contributed by atoms with van der Waals surface area (Å²) in [5.41, 5.74) is 2.12. The quantitative estimate of drug-likeness (QED) is 0.501. The fraction of sp³-hybridized carbons (Fsp3) is 0.500. The normalized spacial score (nSPS) is 18.4. The van der Waals surface area contributed by atoms with Gasteiger partial charge in [0.15, 0.2) is 17.3 Å². The van der Waals surface area contributed by atoms with E-state index in [1.165, 1.54) is 31.4 Å². The van der Waals surface area contributed by atoms with E-state index < -0.39 is 0 Å². The molecular formula is C26H33FN6O2. The van der Waals surface area contributed by atoms with Gasteiger partial charge in [-0.25, -0.2) is 9.07 Å². The lowest BCUT2D eigenvalue weighted by atomic mass is 9.95. The molecule has 35 heavy (non-hydrogen) atoms. The third-order valence-electron chi connectivity index (χ3n) is 7.28. The van der Waals surface area contributed by atoms with E-state index in [0.717, 1.165) is 56.1 Å². The zero-order chi connectivity index (χ0) is 24.2. The van der Waals surface area contributed by atoms with Crippen molar-refractivity contribution in [3.8, 4) is 11.5 Å². The average Bonchev–Trinajstić information content (AvgIpc) is 3.39. The second-order valence-corrected chi connectivity index (χ2v) is 9.29. The highest BCUT2D eigenvalue weighted by Gasteiger charge is 2.33. The van der Waals surface area contributed by atoms with Crippen molar-refractivity contribution in [2.24, 2.45) is 0 Å². The molecule has 1 aromatic heterocycles. The fourth-order valence-corrected chi connectivity index (χ4v) is 5.40. The lowest BCUT2D eigenvalue weighted by Gasteiger charge is -2.40. The molecule has 2 aromatic carbocycles. The van der Waals surface area contributed by atoms with Crippen LogP contribution in [0.2, 0.25) is 0 Å². The van der Waals surface area contributed by atoms with E-state index in [4.69, 9.17) is 9.47 Å². The van der Waals surface area contributed by atoms with Crippen LogP contribution in [0.5, 0.6) is 11.5 Å². The molecule has 1 aliphatic carbocycles. The Morgan fingerprint density at radius 2 is 1.60 bits per heavy atom. The number of anilines is 1. The van der Waals surface area contributed by atoms with E-state index in [-0.39, 0.29) is 11.9 Å². The molecule has 2 fully saturated rings. The van der Waals surface area contributed by atoms with E-state index >= 15 is 0 Å². The first kappa shape index (κ1) is 23.5. The van der Waals surface area contributed by atoms with Gasteiger partial charge >= 0.3 is 0 Å². The summed E-state index contributed by atoms with van der Waals surface area (Å²) in [5, 5.41) is 13.1. The van der Waals surface area contributed by atoms with Crippen LogP contribution in [-0.2, 0) is 0 Å². The maximum absolute atomic E-state index is 13.4. The van der Waals surface area contributed by atoms with Gasteiger partial charge in [-0.05, 0) is 65.2 Å². The van der Waals surface area contributed by atoms with Crippen LogP contribution in [0.4, 0.5) is 10.1 Å². The van der Waals surface area contributed by atoms with Crippen molar-refractivity contribution >= 4 is 5.69 Å². The van der Waals surface area contributed by atoms with Crippen molar-refractivity contribution in [1.82, 2.24) is 25.1 Å². The molecule has 186 valence electrons. The average molecular weight is 481 g/mol. The van der Waals surface area contributed by atoms with Crippen molar-refractivity contribution < 1.29 is 13.9 Å². The summed E-state index contributed by atoms with van der Waals surface area (Å²) >= 11 is 0. The van der Waals surface area contributed by atoms with Gasteiger partial charge in [-0.2, -0.15) is 0 Å². The summed E-state index contributed by atoms with van der Waals surface area (Å²) in [4.78, 5) is 4.73. The molecule has 0 bridgehead atoms. The topological polar surface area (TPSA) is 68.5 Å². The molecule has 0 spiro atoms. The Morgan fingerprint density at radius 3 is 2.29 bits per heavy atom. The number of rotatable bonds is 7. The molecule has 3 aromatic rings. The Balaban J connectivity index is 1.46. The summed E-state index contributed by atoms with van der Waals surface area (Å²) in [5.74, 6) is 2.05. The van der Waals surface area contributed by atoms with Crippen LogP contribution in [0, 0.1) is 5.82 Å². The molecule has 1 aliphatic heterocycles. The second-order valence-electron chi connectivity index (χ2n) is 9.29. The second kappa shape index (κ2) is 10.6. The lowest BCUT2D eigenvalue weighted by Crippen LogP contribution is -2.48. The number of halogens is 1. The maximum Gasteiger partial charge on any atom is 0.173 e. The largest absolute Gasteiger partial charge is 0.493 e. The molecule has 1 atom stereocenters. The van der Waals surface area contributed by atoms with Crippen LogP contribution in [0.25, 0.3) is 0 Å². The minimum absolute atomic E-state index is 0.109. The predicted octanol–water partition coefficient (Wildman–Crippen LogP) is 4.25. The smallest absolute Gasteiger partial charge is 0.173 e. The Hall–Kier alpha value is -3.20. The fourth-order valence-electron chi connectivity index (χ4n) is 5.40. The highest BCUT2D eigenvalue weighted by atomic mass is 19.1. The number of piperazine rings is 1. The molecule has 8 nitrogen and oxygen atoms in total. The van der Waals surface area contributed by atoms with Gasteiger partial charge in [-0.1, -0.05) is 25.3 Å². The van der Waals surface area contributed by atoms with E-state index in [0.29, 0.717) is 17.5 Å². The number of aromatic nitrogens is 4. The molecule has 2 heterocycles. The molecular weight excluding hydrogens is 447 g/mol. The van der Waals surface area contributed by atoms with Gasteiger partial charge in [0.2, 0.25) is 0 Å². The number of methoxy groups -OCH3 is 2. The number of nitrogens with zero attached hydrogens (tertiary/aromatic N) is 6. The summed E-state index contributed by atoms with van der Waals surface area (Å²) < 4.78 is 26.6. The van der Waals surface area contributed by atoms with Crippen LogP contribution >= 0.6 is 0 Å². The number of ether oxygens (including phenoxy) is 2. The van der Waals surface area contributed by atoms with Crippen molar-refractivity contribution in [3.63, 3.8) is 0 Å². The molecule has 1 saturated carbocycles. The number of hydrogen-bond donors (Lipinski definition) is 0. The first-order chi connectivity index (χ1) is 17.2. The van der Waals surface area contributed by atoms with Gasteiger partial charge in [-0.3, -0.25) is 4.90 Å². The van der Waals surface area contributed by atoms with Crippen LogP contribution < -0.4 is 14.4 Å². The molecule has 2 aliphatic rings. The third kappa shape index (κ3) is 4.96. The van der Waals surface area contributed by atoms with E-state index in [1.54, 1.807) is 14.2 Å². The first-order valence-corrected chi connectivity index (χ1v) is 12.4. The molecule has 0 N–H and O–H groups in total. The minimum atomic E-state index is -0.213. The first-order valence-electron chi connectivity index (χ1n) is 12.4. The maximum atomic E-state index is 13.4. The molecule has 0 amide bonds. The van der Waals surface area contributed by atoms with Gasteiger partial charge in [0.05, 0.1) is 26.3 Å². The van der Waals surface area contributed by atoms with E-state index in [2.05, 4.69) is 36.1 Å². The number of benzene rings is 2. The predicted molar refractivity (Wildman–Crippen MR) is 132 cm³/mol. The van der Waals surface area contributed by atoms with E-state index in [9.17, 15) is 4.39 Å². The minimum Gasteiger partial charge on any atom is -0.493 e. The highest BCUT2D eigenvalue weighted by Crippen LogP contribution is 2.37. The summed E-state index contributed by atoms with van der Waals surface area (Å²) in [7, 11) is 3.30. The van der Waals surface area contributed by atoms with Crippen molar-refractivity contribution in [1.29, 1.82) is 0 Å². The molecule has 0 radical (unpaired) electrons. The van der Waals surface area contributed by atoms with Crippen molar-refractivity contribution in [3.05, 3.63) is 59.7 Å². The van der Waals surface area contributed by atoms with Crippen LogP contribution in [0.3, 0.4) is 0 Å². The third-order valence-corrected chi connectivity index (χ3v) is 7.28. The standard InChI is InChI=1S/C26H33FN6O2/c1-34-23-13-8-19(18-24(23)35-2)25(26-28-29-30-33(26)22-6-4-3-5-7-22)32-16-14-31(15-17-32)21-11-9-20(27)10-12-21/h8-13,18,22,25H,3-7,14-17H2,1-2H3/t25-/m0/s1. The van der Waals surface area contributed by atoms with Gasteiger partial charge in [-0.15, -0.1) is 5.10 Å². The molecule has 9 heteroatoms. The van der Waals surface area contributed by atoms with Crippen molar-refractivity contribution in [2.75, 3.05) is 45.3 Å². The molecule has 1 saturated heterocycles. The zero-order valence-corrected chi connectivity index (χ0v) is 20.4. The Morgan fingerprint density at radius 1 is 0.886 bits per heavy atom. The lowest BCUT2D eigenvalue weighted by molar-refractivity contribution is 0.193. The van der Waals surface area contributed by atoms with Crippen molar-refractivity contribution in [2.45, 2.75) is 44.2 Å². The van der Waals surface area contributed by atoms with Gasteiger partial charge in [0.1, 0.15) is 5.82 Å². The Bertz CT molecular complexity index is 1110. The highest BCUT2D eigenvalue weighted by molar-refractivity contribution is 5.47. The zero-order valence-electron chi connectivity index (χ0n) is 20.4. The molecule has 5 rings (SSSR count). The van der Waals surface area contributed by atoms with Crippen LogP contribution in [-0.4, -0.2) is 65.5 Å². The number of hydrogen-bond acceptors (Lipinski definition) is 7. The van der Waals surface area contributed by atoms with Gasteiger partial charge < -0.3 is 14.4 Å². The molecule has 0 unspecified atom stereocenters. The summed E-state index contributed by atoms with van der Waals surface area (Å²) in [6.07, 6.45) is 5.91. The Labute approximate surface area is 205 Å². The van der Waals surface area contributed by atoms with E-state index in [1.807, 2.05) is 24.3 Å². The van der Waals surface area contributed by atoms with Gasteiger partial charge in [0, 0.05) is 31.9 Å². The SMILES string of the molecule is COc1ccc([C@@H](c2nnnn2C2CCCCC2)N2CCN(c3ccc(F)cc3)CC2)cc1OC. The van der Waals surface area contributed by atoms with Crippen LogP contribution in [0.15, 0.2) is 42.5 Å². The number of tetrazole rings is 1. The Kier molecular flexibility index (Phi) is 7.13. The monoisotopic (exact) mass is 480 g/mol. The van der Waals surface area contributed by atoms with Crippen LogP contribution in [0.1, 0.15) is 55.6 Å².